The fourth-order valence-electron chi connectivity index (χ4n) is 2.41. The first-order chi connectivity index (χ1) is 12.0. The summed E-state index contributed by atoms with van der Waals surface area (Å²) in [4.78, 5) is 26.0. The van der Waals surface area contributed by atoms with Gasteiger partial charge in [0.05, 0.1) is 10.6 Å². The predicted molar refractivity (Wildman–Crippen MR) is 95.9 cm³/mol. The van der Waals surface area contributed by atoms with E-state index in [1.54, 1.807) is 41.3 Å². The van der Waals surface area contributed by atoms with Gasteiger partial charge in [0.2, 0.25) is 5.91 Å². The van der Waals surface area contributed by atoms with Crippen molar-refractivity contribution in [3.63, 3.8) is 0 Å². The highest BCUT2D eigenvalue weighted by atomic mass is 35.5. The highest BCUT2D eigenvalue weighted by molar-refractivity contribution is 6.33. The van der Waals surface area contributed by atoms with Crippen LogP contribution in [-0.2, 0) is 11.3 Å². The van der Waals surface area contributed by atoms with Crippen LogP contribution in [0.5, 0.6) is 0 Å². The number of carbonyl (C=O) groups excluding carboxylic acids is 2. The first-order valence-corrected chi connectivity index (χ1v) is 8.44. The van der Waals surface area contributed by atoms with Gasteiger partial charge < -0.3 is 10.2 Å². The average molecular weight is 363 g/mol. The Morgan fingerprint density at radius 3 is 2.60 bits per heavy atom. The van der Waals surface area contributed by atoms with E-state index in [1.165, 1.54) is 12.1 Å². The maximum absolute atomic E-state index is 13.2. The largest absolute Gasteiger partial charge is 0.351 e. The predicted octanol–water partition coefficient (Wildman–Crippen LogP) is 3.65. The van der Waals surface area contributed by atoms with Crippen molar-refractivity contribution in [2.45, 2.75) is 19.9 Å². The molecule has 6 heteroatoms. The van der Waals surface area contributed by atoms with Gasteiger partial charge in [0.1, 0.15) is 5.82 Å². The van der Waals surface area contributed by atoms with Crippen LogP contribution in [-0.4, -0.2) is 29.8 Å². The third-order valence-electron chi connectivity index (χ3n) is 3.74. The second-order valence-corrected chi connectivity index (χ2v) is 5.93. The average Bonchev–Trinajstić information content (AvgIpc) is 2.59. The van der Waals surface area contributed by atoms with Gasteiger partial charge in [0.25, 0.3) is 5.91 Å². The van der Waals surface area contributed by atoms with Gasteiger partial charge in [0.15, 0.2) is 0 Å². The van der Waals surface area contributed by atoms with Crippen LogP contribution in [0, 0.1) is 5.82 Å². The number of halogens is 2. The molecule has 2 amide bonds. The molecule has 0 radical (unpaired) electrons. The molecule has 0 spiro atoms. The Balaban J connectivity index is 1.85. The Morgan fingerprint density at radius 1 is 1.16 bits per heavy atom. The molecule has 132 valence electrons. The van der Waals surface area contributed by atoms with Crippen LogP contribution >= 0.6 is 11.6 Å². The summed E-state index contributed by atoms with van der Waals surface area (Å²) >= 11 is 5.97. The molecule has 2 aromatic carbocycles. The molecule has 0 atom stereocenters. The number of hydrogen-bond donors (Lipinski definition) is 1. The quantitative estimate of drug-likeness (QED) is 0.817. The maximum Gasteiger partial charge on any atom is 0.252 e. The van der Waals surface area contributed by atoms with Crippen LogP contribution in [0.25, 0.3) is 0 Å². The van der Waals surface area contributed by atoms with E-state index in [2.05, 4.69) is 5.32 Å². The second-order valence-electron chi connectivity index (χ2n) is 5.52. The zero-order valence-corrected chi connectivity index (χ0v) is 14.7. The molecule has 25 heavy (non-hydrogen) atoms. The molecule has 0 aliphatic carbocycles. The van der Waals surface area contributed by atoms with Crippen LogP contribution in [0.2, 0.25) is 5.02 Å². The van der Waals surface area contributed by atoms with Crippen molar-refractivity contribution in [3.05, 3.63) is 70.5 Å². The van der Waals surface area contributed by atoms with E-state index in [0.29, 0.717) is 23.7 Å². The highest BCUT2D eigenvalue weighted by Crippen LogP contribution is 2.14. The fraction of sp³-hybridized carbons (Fsp3) is 0.263. The Morgan fingerprint density at radius 2 is 1.92 bits per heavy atom. The zero-order valence-electron chi connectivity index (χ0n) is 14.0. The van der Waals surface area contributed by atoms with Crippen molar-refractivity contribution in [1.29, 1.82) is 0 Å². The SMILES string of the molecule is CCN(Cc1cccc(F)c1)C(=O)CCNC(=O)c1ccccc1Cl. The highest BCUT2D eigenvalue weighted by Gasteiger charge is 2.14. The fourth-order valence-corrected chi connectivity index (χ4v) is 2.64. The lowest BCUT2D eigenvalue weighted by Gasteiger charge is -2.21. The molecule has 1 N–H and O–H groups in total. The van der Waals surface area contributed by atoms with Crippen LogP contribution < -0.4 is 5.32 Å². The topological polar surface area (TPSA) is 49.4 Å². The van der Waals surface area contributed by atoms with Crippen LogP contribution in [0.4, 0.5) is 4.39 Å². The van der Waals surface area contributed by atoms with E-state index in [9.17, 15) is 14.0 Å². The summed E-state index contributed by atoms with van der Waals surface area (Å²) in [5.74, 6) is -0.745. The molecule has 0 saturated heterocycles. The summed E-state index contributed by atoms with van der Waals surface area (Å²) in [6, 6.07) is 12.9. The third kappa shape index (κ3) is 5.57. The molecule has 0 saturated carbocycles. The molecule has 0 aliphatic rings. The molecule has 2 aromatic rings. The first kappa shape index (κ1) is 18.9. The van der Waals surface area contributed by atoms with Crippen molar-refractivity contribution < 1.29 is 14.0 Å². The maximum atomic E-state index is 13.2. The van der Waals surface area contributed by atoms with Crippen molar-refractivity contribution >= 4 is 23.4 Å². The van der Waals surface area contributed by atoms with E-state index in [0.717, 1.165) is 5.56 Å². The summed E-state index contributed by atoms with van der Waals surface area (Å²) in [6.45, 7) is 2.92. The summed E-state index contributed by atoms with van der Waals surface area (Å²) in [5, 5.41) is 3.06. The second kappa shape index (κ2) is 9.18. The van der Waals surface area contributed by atoms with Crippen LogP contribution in [0.1, 0.15) is 29.3 Å². The van der Waals surface area contributed by atoms with Crippen molar-refractivity contribution in [1.82, 2.24) is 10.2 Å². The van der Waals surface area contributed by atoms with E-state index in [-0.39, 0.29) is 30.6 Å². The van der Waals surface area contributed by atoms with Gasteiger partial charge in [-0.25, -0.2) is 4.39 Å². The molecule has 0 aromatic heterocycles. The third-order valence-corrected chi connectivity index (χ3v) is 4.07. The van der Waals surface area contributed by atoms with E-state index in [4.69, 9.17) is 11.6 Å². The van der Waals surface area contributed by atoms with Gasteiger partial charge >= 0.3 is 0 Å². The van der Waals surface area contributed by atoms with Crippen molar-refractivity contribution in [2.75, 3.05) is 13.1 Å². The number of amides is 2. The molecule has 0 heterocycles. The monoisotopic (exact) mass is 362 g/mol. The Labute approximate surface area is 151 Å². The Bertz CT molecular complexity index is 752. The number of rotatable bonds is 7. The zero-order chi connectivity index (χ0) is 18.2. The minimum absolute atomic E-state index is 0.105. The van der Waals surface area contributed by atoms with Gasteiger partial charge in [-0.15, -0.1) is 0 Å². The number of nitrogens with one attached hydrogen (secondary N) is 1. The normalized spacial score (nSPS) is 10.4. The lowest BCUT2D eigenvalue weighted by atomic mass is 10.2. The van der Waals surface area contributed by atoms with E-state index < -0.39 is 0 Å². The van der Waals surface area contributed by atoms with Crippen molar-refractivity contribution in [2.24, 2.45) is 0 Å². The Kier molecular flexibility index (Phi) is 6.95. The van der Waals surface area contributed by atoms with Crippen LogP contribution in [0.3, 0.4) is 0 Å². The Hall–Kier alpha value is -2.40. The summed E-state index contributed by atoms with van der Waals surface area (Å²) in [6.07, 6.45) is 0.166. The van der Waals surface area contributed by atoms with Gasteiger partial charge in [-0.2, -0.15) is 0 Å². The lowest BCUT2D eigenvalue weighted by Crippen LogP contribution is -2.34. The molecular formula is C19H20ClFN2O2. The summed E-state index contributed by atoms with van der Waals surface area (Å²) < 4.78 is 13.2. The molecule has 0 unspecified atom stereocenters. The summed E-state index contributed by atoms with van der Waals surface area (Å²) in [7, 11) is 0. The number of carbonyl (C=O) groups is 2. The van der Waals surface area contributed by atoms with Gasteiger partial charge in [-0.05, 0) is 36.8 Å². The van der Waals surface area contributed by atoms with Crippen molar-refractivity contribution in [3.8, 4) is 0 Å². The first-order valence-electron chi connectivity index (χ1n) is 8.06. The van der Waals surface area contributed by atoms with Crippen LogP contribution in [0.15, 0.2) is 48.5 Å². The number of nitrogens with zero attached hydrogens (tertiary/aromatic N) is 1. The smallest absolute Gasteiger partial charge is 0.252 e. The van der Waals surface area contributed by atoms with E-state index >= 15 is 0 Å². The number of hydrogen-bond acceptors (Lipinski definition) is 2. The number of benzene rings is 2. The minimum Gasteiger partial charge on any atom is -0.351 e. The van der Waals surface area contributed by atoms with E-state index in [1.807, 2.05) is 6.92 Å². The molecule has 4 nitrogen and oxygen atoms in total. The lowest BCUT2D eigenvalue weighted by molar-refractivity contribution is -0.131. The standard InChI is InChI=1S/C19H20ClFN2O2/c1-2-23(13-14-6-5-7-15(21)12-14)18(24)10-11-22-19(25)16-8-3-4-9-17(16)20/h3-9,12H,2,10-11,13H2,1H3,(H,22,25). The van der Waals surface area contributed by atoms with Gasteiger partial charge in [-0.3, -0.25) is 9.59 Å². The van der Waals surface area contributed by atoms with Gasteiger partial charge in [-0.1, -0.05) is 35.9 Å². The molecular weight excluding hydrogens is 343 g/mol. The molecule has 0 fully saturated rings. The molecule has 0 aliphatic heterocycles. The minimum atomic E-state index is -0.326. The summed E-state index contributed by atoms with van der Waals surface area (Å²) in [5.41, 5.74) is 1.11. The molecule has 2 rings (SSSR count). The molecule has 0 bridgehead atoms. The van der Waals surface area contributed by atoms with Gasteiger partial charge in [0, 0.05) is 26.1 Å².